The molecular weight excluding hydrogens is 275 g/mol. The summed E-state index contributed by atoms with van der Waals surface area (Å²) in [7, 11) is 1.64. The van der Waals surface area contributed by atoms with E-state index in [2.05, 4.69) is 10.6 Å². The Morgan fingerprint density at radius 2 is 2.22 bits per heavy atom. The molecule has 1 amide bonds. The number of ether oxygens (including phenoxy) is 1. The molecule has 1 saturated heterocycles. The van der Waals surface area contributed by atoms with Crippen molar-refractivity contribution in [3.8, 4) is 0 Å². The molecule has 2 unspecified atom stereocenters. The number of methoxy groups -OCH3 is 1. The van der Waals surface area contributed by atoms with Gasteiger partial charge in [-0.2, -0.15) is 0 Å². The van der Waals surface area contributed by atoms with E-state index in [0.29, 0.717) is 28.7 Å². The quantitative estimate of drug-likeness (QED) is 0.897. The van der Waals surface area contributed by atoms with Crippen LogP contribution >= 0.6 is 23.2 Å². The molecule has 1 aromatic rings. The summed E-state index contributed by atoms with van der Waals surface area (Å²) in [6, 6.07) is 4.77. The van der Waals surface area contributed by atoms with Crippen molar-refractivity contribution in [2.75, 3.05) is 19.0 Å². The number of anilines is 1. The summed E-state index contributed by atoms with van der Waals surface area (Å²) < 4.78 is 5.20. The Bertz CT molecular complexity index is 454. The Morgan fingerprint density at radius 3 is 2.83 bits per heavy atom. The fourth-order valence-corrected chi connectivity index (χ4v) is 2.18. The highest BCUT2D eigenvalue weighted by molar-refractivity contribution is 6.42. The third-order valence-electron chi connectivity index (χ3n) is 2.93. The Kier molecular flexibility index (Phi) is 4.45. The van der Waals surface area contributed by atoms with Crippen LogP contribution in [0.4, 0.5) is 5.69 Å². The summed E-state index contributed by atoms with van der Waals surface area (Å²) >= 11 is 11.7. The van der Waals surface area contributed by atoms with Gasteiger partial charge in [0.15, 0.2) is 0 Å². The number of amides is 1. The van der Waals surface area contributed by atoms with Crippen LogP contribution in [0.25, 0.3) is 0 Å². The number of carbonyl (C=O) groups is 1. The minimum absolute atomic E-state index is 0.0899. The first-order valence-electron chi connectivity index (χ1n) is 5.62. The van der Waals surface area contributed by atoms with Gasteiger partial charge in [-0.1, -0.05) is 23.2 Å². The number of carbonyl (C=O) groups excluding carboxylic acids is 1. The molecule has 1 heterocycles. The number of rotatable bonds is 3. The maximum absolute atomic E-state index is 12.0. The van der Waals surface area contributed by atoms with E-state index in [9.17, 15) is 4.79 Å². The van der Waals surface area contributed by atoms with Crippen LogP contribution in [0.15, 0.2) is 18.2 Å². The third-order valence-corrected chi connectivity index (χ3v) is 3.67. The van der Waals surface area contributed by atoms with Gasteiger partial charge in [-0.15, -0.1) is 0 Å². The predicted octanol–water partition coefficient (Wildman–Crippen LogP) is 2.31. The van der Waals surface area contributed by atoms with E-state index in [-0.39, 0.29) is 18.1 Å². The van der Waals surface area contributed by atoms with Gasteiger partial charge in [-0.25, -0.2) is 0 Å². The maximum Gasteiger partial charge on any atom is 0.241 e. The molecule has 0 spiro atoms. The van der Waals surface area contributed by atoms with E-state index in [4.69, 9.17) is 27.9 Å². The molecule has 2 atom stereocenters. The van der Waals surface area contributed by atoms with Gasteiger partial charge >= 0.3 is 0 Å². The Morgan fingerprint density at radius 1 is 1.44 bits per heavy atom. The average Bonchev–Trinajstić information content (AvgIpc) is 2.82. The molecule has 1 aliphatic heterocycles. The Balaban J connectivity index is 1.97. The van der Waals surface area contributed by atoms with Crippen LogP contribution in [0.3, 0.4) is 0 Å². The van der Waals surface area contributed by atoms with Crippen molar-refractivity contribution in [1.29, 1.82) is 0 Å². The molecule has 1 aliphatic rings. The van der Waals surface area contributed by atoms with Gasteiger partial charge in [0.1, 0.15) is 0 Å². The number of hydrogen-bond acceptors (Lipinski definition) is 3. The van der Waals surface area contributed by atoms with E-state index in [0.717, 1.165) is 0 Å². The van der Waals surface area contributed by atoms with Crippen molar-refractivity contribution in [1.82, 2.24) is 5.32 Å². The summed E-state index contributed by atoms with van der Waals surface area (Å²) in [6.45, 7) is 0.690. The van der Waals surface area contributed by atoms with Crippen LogP contribution in [-0.2, 0) is 9.53 Å². The Hall–Kier alpha value is -0.810. The van der Waals surface area contributed by atoms with Crippen molar-refractivity contribution in [3.63, 3.8) is 0 Å². The van der Waals surface area contributed by atoms with Gasteiger partial charge in [0, 0.05) is 19.3 Å². The van der Waals surface area contributed by atoms with Gasteiger partial charge in [0.25, 0.3) is 0 Å². The van der Waals surface area contributed by atoms with E-state index >= 15 is 0 Å². The number of halogens is 2. The summed E-state index contributed by atoms with van der Waals surface area (Å²) in [4.78, 5) is 12.0. The van der Waals surface area contributed by atoms with Crippen molar-refractivity contribution < 1.29 is 9.53 Å². The fourth-order valence-electron chi connectivity index (χ4n) is 1.89. The summed E-state index contributed by atoms with van der Waals surface area (Å²) in [5.41, 5.74) is 0.636. The minimum Gasteiger partial charge on any atom is -0.380 e. The van der Waals surface area contributed by atoms with Crippen molar-refractivity contribution >= 4 is 34.8 Å². The van der Waals surface area contributed by atoms with Crippen LogP contribution in [0.5, 0.6) is 0 Å². The van der Waals surface area contributed by atoms with E-state index in [1.165, 1.54) is 0 Å². The molecular formula is C12H14Cl2N2O2. The van der Waals surface area contributed by atoms with Crippen LogP contribution in [0.1, 0.15) is 6.42 Å². The van der Waals surface area contributed by atoms with Crippen LogP contribution in [0, 0.1) is 0 Å². The van der Waals surface area contributed by atoms with Crippen LogP contribution in [-0.4, -0.2) is 31.7 Å². The molecule has 1 fully saturated rings. The first kappa shape index (κ1) is 13.6. The highest BCUT2D eigenvalue weighted by atomic mass is 35.5. The van der Waals surface area contributed by atoms with Gasteiger partial charge in [0.05, 0.1) is 22.2 Å². The number of nitrogens with one attached hydrogen (secondary N) is 2. The monoisotopic (exact) mass is 288 g/mol. The molecule has 98 valence electrons. The second kappa shape index (κ2) is 5.89. The number of hydrogen-bond donors (Lipinski definition) is 2. The largest absolute Gasteiger partial charge is 0.380 e. The van der Waals surface area contributed by atoms with Gasteiger partial charge in [-0.05, 0) is 24.6 Å². The molecule has 0 saturated carbocycles. The van der Waals surface area contributed by atoms with E-state index < -0.39 is 0 Å². The normalized spacial score (nSPS) is 23.1. The van der Waals surface area contributed by atoms with Crippen LogP contribution in [0.2, 0.25) is 10.0 Å². The standard InChI is InChI=1S/C12H14Cl2N2O2/c1-18-8-5-11(15-6-8)12(17)16-7-2-3-9(13)10(14)4-7/h2-4,8,11,15H,5-6H2,1H3,(H,16,17). The SMILES string of the molecule is COC1CNC(C(=O)Nc2ccc(Cl)c(Cl)c2)C1. The van der Waals surface area contributed by atoms with E-state index in [1.807, 2.05) is 0 Å². The molecule has 0 radical (unpaired) electrons. The third kappa shape index (κ3) is 3.14. The highest BCUT2D eigenvalue weighted by Gasteiger charge is 2.29. The van der Waals surface area contributed by atoms with Gasteiger partial charge in [0.2, 0.25) is 5.91 Å². The molecule has 1 aromatic carbocycles. The predicted molar refractivity (Wildman–Crippen MR) is 72.3 cm³/mol. The summed E-state index contributed by atoms with van der Waals surface area (Å²) in [5, 5.41) is 6.79. The lowest BCUT2D eigenvalue weighted by molar-refractivity contribution is -0.118. The minimum atomic E-state index is -0.232. The topological polar surface area (TPSA) is 50.4 Å². The molecule has 0 aliphatic carbocycles. The van der Waals surface area contributed by atoms with Gasteiger partial charge in [-0.3, -0.25) is 4.79 Å². The molecule has 4 nitrogen and oxygen atoms in total. The zero-order valence-electron chi connectivity index (χ0n) is 9.87. The second-order valence-electron chi connectivity index (χ2n) is 4.17. The fraction of sp³-hybridized carbons (Fsp3) is 0.417. The maximum atomic E-state index is 12.0. The lowest BCUT2D eigenvalue weighted by atomic mass is 10.2. The van der Waals surface area contributed by atoms with Crippen molar-refractivity contribution in [2.45, 2.75) is 18.6 Å². The molecule has 18 heavy (non-hydrogen) atoms. The lowest BCUT2D eigenvalue weighted by Crippen LogP contribution is -2.35. The zero-order valence-corrected chi connectivity index (χ0v) is 11.4. The Labute approximate surface area is 116 Å². The smallest absolute Gasteiger partial charge is 0.241 e. The van der Waals surface area contributed by atoms with Crippen LogP contribution < -0.4 is 10.6 Å². The second-order valence-corrected chi connectivity index (χ2v) is 4.99. The summed E-state index contributed by atoms with van der Waals surface area (Å²) in [6.07, 6.45) is 0.762. The first-order chi connectivity index (χ1) is 8.60. The molecule has 0 aromatic heterocycles. The molecule has 2 N–H and O–H groups in total. The molecule has 0 bridgehead atoms. The average molecular weight is 289 g/mol. The summed E-state index contributed by atoms with van der Waals surface area (Å²) in [5.74, 6) is -0.0899. The molecule has 6 heteroatoms. The first-order valence-corrected chi connectivity index (χ1v) is 6.38. The van der Waals surface area contributed by atoms with Crippen molar-refractivity contribution in [2.24, 2.45) is 0 Å². The lowest BCUT2D eigenvalue weighted by Gasteiger charge is -2.11. The van der Waals surface area contributed by atoms with Crippen molar-refractivity contribution in [3.05, 3.63) is 28.2 Å². The van der Waals surface area contributed by atoms with Gasteiger partial charge < -0.3 is 15.4 Å². The van der Waals surface area contributed by atoms with E-state index in [1.54, 1.807) is 25.3 Å². The zero-order chi connectivity index (χ0) is 13.1. The number of benzene rings is 1. The highest BCUT2D eigenvalue weighted by Crippen LogP contribution is 2.25. The molecule has 2 rings (SSSR count).